The highest BCUT2D eigenvalue weighted by atomic mass is 16.3. The summed E-state index contributed by atoms with van der Waals surface area (Å²) in [6.45, 7) is 1.31. The third kappa shape index (κ3) is 4.01. The Morgan fingerprint density at radius 1 is 1.22 bits per heavy atom. The summed E-state index contributed by atoms with van der Waals surface area (Å²) < 4.78 is 5.48. The molecule has 23 heavy (non-hydrogen) atoms. The molecule has 0 saturated heterocycles. The van der Waals surface area contributed by atoms with Gasteiger partial charge in [0.25, 0.3) is 0 Å². The molecule has 1 heterocycles. The molecule has 1 aromatic heterocycles. The first kappa shape index (κ1) is 15.8. The van der Waals surface area contributed by atoms with E-state index in [9.17, 15) is 5.11 Å². The molecule has 4 heteroatoms. The van der Waals surface area contributed by atoms with Crippen LogP contribution >= 0.6 is 0 Å². The fraction of sp³-hybridized carbons (Fsp3) is 0.421. The first-order valence-electron chi connectivity index (χ1n) is 8.21. The van der Waals surface area contributed by atoms with Gasteiger partial charge in [0.15, 0.2) is 0 Å². The summed E-state index contributed by atoms with van der Waals surface area (Å²) in [5.74, 6) is 0.934. The van der Waals surface area contributed by atoms with Gasteiger partial charge in [-0.2, -0.15) is 5.26 Å². The van der Waals surface area contributed by atoms with Gasteiger partial charge in [0.2, 0.25) is 0 Å². The van der Waals surface area contributed by atoms with E-state index < -0.39 is 6.10 Å². The number of hydrogen-bond donors (Lipinski definition) is 1. The van der Waals surface area contributed by atoms with E-state index in [2.05, 4.69) is 11.0 Å². The van der Waals surface area contributed by atoms with Crippen molar-refractivity contribution in [2.75, 3.05) is 6.54 Å². The molecular weight excluding hydrogens is 288 g/mol. The molecule has 3 rings (SSSR count). The van der Waals surface area contributed by atoms with Crippen LogP contribution in [0.15, 0.2) is 47.1 Å². The molecule has 0 aliphatic heterocycles. The zero-order chi connectivity index (χ0) is 16.1. The summed E-state index contributed by atoms with van der Waals surface area (Å²) in [5, 5.41) is 19.5. The van der Waals surface area contributed by atoms with Crippen molar-refractivity contribution in [3.05, 3.63) is 59.5 Å². The van der Waals surface area contributed by atoms with Crippen molar-refractivity contribution < 1.29 is 9.52 Å². The zero-order valence-corrected chi connectivity index (χ0v) is 13.2. The van der Waals surface area contributed by atoms with Crippen LogP contribution < -0.4 is 0 Å². The van der Waals surface area contributed by atoms with Gasteiger partial charge in [-0.25, -0.2) is 0 Å². The smallest absolute Gasteiger partial charge is 0.117 e. The quantitative estimate of drug-likeness (QED) is 0.885. The monoisotopic (exact) mass is 310 g/mol. The Balaban J connectivity index is 1.69. The van der Waals surface area contributed by atoms with Gasteiger partial charge in [0.05, 0.1) is 30.5 Å². The molecule has 1 N–H and O–H groups in total. The van der Waals surface area contributed by atoms with E-state index in [-0.39, 0.29) is 0 Å². The van der Waals surface area contributed by atoms with Gasteiger partial charge in [-0.15, -0.1) is 0 Å². The third-order valence-electron chi connectivity index (χ3n) is 4.61. The number of benzene rings is 1. The van der Waals surface area contributed by atoms with Crippen molar-refractivity contribution in [1.29, 1.82) is 5.26 Å². The normalized spacial score (nSPS) is 16.6. The summed E-state index contributed by atoms with van der Waals surface area (Å²) in [6, 6.07) is 13.7. The van der Waals surface area contributed by atoms with Crippen molar-refractivity contribution in [2.24, 2.45) is 0 Å². The van der Waals surface area contributed by atoms with Crippen LogP contribution in [0.2, 0.25) is 0 Å². The van der Waals surface area contributed by atoms with Crippen LogP contribution in [0.5, 0.6) is 0 Å². The largest absolute Gasteiger partial charge is 0.468 e. The predicted octanol–water partition coefficient (Wildman–Crippen LogP) is 3.63. The van der Waals surface area contributed by atoms with Crippen LogP contribution in [0.25, 0.3) is 0 Å². The fourth-order valence-corrected chi connectivity index (χ4v) is 3.32. The molecule has 120 valence electrons. The SMILES string of the molecule is N#Cc1ccc(C(O)CN(Cc2ccco2)C2CCCC2)cc1. The average molecular weight is 310 g/mol. The van der Waals surface area contributed by atoms with Crippen LogP contribution in [-0.2, 0) is 6.54 Å². The van der Waals surface area contributed by atoms with E-state index in [1.165, 1.54) is 25.7 Å². The molecule has 0 spiro atoms. The molecule has 1 aromatic carbocycles. The molecule has 1 unspecified atom stereocenters. The van der Waals surface area contributed by atoms with Crippen molar-refractivity contribution in [3.63, 3.8) is 0 Å². The average Bonchev–Trinajstić information content (AvgIpc) is 3.27. The summed E-state index contributed by atoms with van der Waals surface area (Å²) in [5.41, 5.74) is 1.47. The summed E-state index contributed by atoms with van der Waals surface area (Å²) in [4.78, 5) is 2.33. The minimum Gasteiger partial charge on any atom is -0.468 e. The lowest BCUT2D eigenvalue weighted by molar-refractivity contribution is 0.0779. The Morgan fingerprint density at radius 3 is 2.57 bits per heavy atom. The van der Waals surface area contributed by atoms with Crippen molar-refractivity contribution in [2.45, 2.75) is 44.4 Å². The number of aliphatic hydroxyl groups is 1. The minimum atomic E-state index is -0.557. The van der Waals surface area contributed by atoms with Crippen molar-refractivity contribution in [1.82, 2.24) is 4.90 Å². The molecule has 1 atom stereocenters. The number of hydrogen-bond acceptors (Lipinski definition) is 4. The van der Waals surface area contributed by atoms with E-state index in [4.69, 9.17) is 9.68 Å². The molecule has 0 radical (unpaired) electrons. The maximum Gasteiger partial charge on any atom is 0.117 e. The number of rotatable bonds is 6. The minimum absolute atomic E-state index is 0.508. The van der Waals surface area contributed by atoms with E-state index >= 15 is 0 Å². The van der Waals surface area contributed by atoms with Crippen LogP contribution in [0.1, 0.15) is 48.7 Å². The highest BCUT2D eigenvalue weighted by Gasteiger charge is 2.25. The maximum absolute atomic E-state index is 10.6. The second-order valence-corrected chi connectivity index (χ2v) is 6.20. The van der Waals surface area contributed by atoms with Crippen LogP contribution in [-0.4, -0.2) is 22.6 Å². The zero-order valence-electron chi connectivity index (χ0n) is 13.2. The topological polar surface area (TPSA) is 60.4 Å². The highest BCUT2D eigenvalue weighted by molar-refractivity contribution is 5.32. The fourth-order valence-electron chi connectivity index (χ4n) is 3.32. The Bertz CT molecular complexity index is 637. The Hall–Kier alpha value is -2.09. The van der Waals surface area contributed by atoms with Gasteiger partial charge >= 0.3 is 0 Å². The summed E-state index contributed by atoms with van der Waals surface area (Å²) in [7, 11) is 0. The Kier molecular flexibility index (Phi) is 5.12. The first-order chi connectivity index (χ1) is 11.3. The Labute approximate surface area is 137 Å². The lowest BCUT2D eigenvalue weighted by atomic mass is 10.1. The predicted molar refractivity (Wildman–Crippen MR) is 87.5 cm³/mol. The van der Waals surface area contributed by atoms with Gasteiger partial charge in [-0.1, -0.05) is 25.0 Å². The maximum atomic E-state index is 10.6. The molecule has 4 nitrogen and oxygen atoms in total. The number of nitriles is 1. The molecular formula is C19H22N2O2. The van der Waals surface area contributed by atoms with Crippen LogP contribution in [0.4, 0.5) is 0 Å². The number of furan rings is 1. The van der Waals surface area contributed by atoms with Gasteiger partial charge < -0.3 is 9.52 Å². The lowest BCUT2D eigenvalue weighted by Crippen LogP contribution is -2.36. The second-order valence-electron chi connectivity index (χ2n) is 6.20. The van der Waals surface area contributed by atoms with Gasteiger partial charge in [0.1, 0.15) is 5.76 Å². The third-order valence-corrected chi connectivity index (χ3v) is 4.61. The highest BCUT2D eigenvalue weighted by Crippen LogP contribution is 2.27. The van der Waals surface area contributed by atoms with Gasteiger partial charge in [-0.05, 0) is 42.7 Å². The van der Waals surface area contributed by atoms with Crippen LogP contribution in [0.3, 0.4) is 0 Å². The van der Waals surface area contributed by atoms with Crippen molar-refractivity contribution >= 4 is 0 Å². The van der Waals surface area contributed by atoms with E-state index in [0.29, 0.717) is 18.2 Å². The molecule has 0 amide bonds. The summed E-state index contributed by atoms with van der Waals surface area (Å²) >= 11 is 0. The molecule has 1 saturated carbocycles. The number of nitrogens with zero attached hydrogens (tertiary/aromatic N) is 2. The molecule has 1 aliphatic carbocycles. The first-order valence-corrected chi connectivity index (χ1v) is 8.21. The summed E-state index contributed by atoms with van der Waals surface area (Å²) in [6.07, 6.45) is 6.01. The second kappa shape index (κ2) is 7.45. The van der Waals surface area contributed by atoms with Crippen LogP contribution in [0, 0.1) is 11.3 Å². The molecule has 1 aliphatic rings. The molecule has 1 fully saturated rings. The lowest BCUT2D eigenvalue weighted by Gasteiger charge is -2.30. The van der Waals surface area contributed by atoms with Crippen molar-refractivity contribution in [3.8, 4) is 6.07 Å². The standard InChI is InChI=1S/C19H22N2O2/c20-12-15-7-9-16(10-8-15)19(22)14-21(17-4-1-2-5-17)13-18-6-3-11-23-18/h3,6-11,17,19,22H,1-2,4-5,13-14H2. The molecule has 0 bridgehead atoms. The van der Waals surface area contributed by atoms with E-state index in [1.807, 2.05) is 24.3 Å². The van der Waals surface area contributed by atoms with E-state index in [0.717, 1.165) is 17.9 Å². The molecule has 2 aromatic rings. The van der Waals surface area contributed by atoms with Gasteiger partial charge in [-0.3, -0.25) is 4.90 Å². The van der Waals surface area contributed by atoms with Gasteiger partial charge in [0, 0.05) is 12.6 Å². The van der Waals surface area contributed by atoms with E-state index in [1.54, 1.807) is 18.4 Å². The number of aliphatic hydroxyl groups excluding tert-OH is 1. The Morgan fingerprint density at radius 2 is 1.96 bits per heavy atom.